The van der Waals surface area contributed by atoms with Gasteiger partial charge in [0.05, 0.1) is 7.11 Å². The SMILES string of the molecule is COC(=O)C(N)Cc1ccc(C2=CCN(SC)CC2)cc1. The van der Waals surface area contributed by atoms with Crippen molar-refractivity contribution in [3.63, 3.8) is 0 Å². The van der Waals surface area contributed by atoms with E-state index in [0.717, 1.165) is 25.1 Å². The summed E-state index contributed by atoms with van der Waals surface area (Å²) in [5.41, 5.74) is 9.48. The number of hydrogen-bond acceptors (Lipinski definition) is 5. The highest BCUT2D eigenvalue weighted by molar-refractivity contribution is 7.96. The van der Waals surface area contributed by atoms with Crippen molar-refractivity contribution in [3.05, 3.63) is 41.5 Å². The van der Waals surface area contributed by atoms with E-state index in [-0.39, 0.29) is 5.97 Å². The molecule has 21 heavy (non-hydrogen) atoms. The molecule has 1 aromatic carbocycles. The average Bonchev–Trinajstić information content (AvgIpc) is 2.55. The Hall–Kier alpha value is -1.30. The number of hydrogen-bond donors (Lipinski definition) is 1. The van der Waals surface area contributed by atoms with Gasteiger partial charge >= 0.3 is 5.97 Å². The number of carbonyl (C=O) groups is 1. The van der Waals surface area contributed by atoms with Crippen LogP contribution in [-0.2, 0) is 16.0 Å². The van der Waals surface area contributed by atoms with Gasteiger partial charge in [0.25, 0.3) is 0 Å². The molecule has 114 valence electrons. The minimum absolute atomic E-state index is 0.369. The Balaban J connectivity index is 1.99. The monoisotopic (exact) mass is 306 g/mol. The fraction of sp³-hybridized carbons (Fsp3) is 0.438. The minimum Gasteiger partial charge on any atom is -0.468 e. The number of esters is 1. The zero-order chi connectivity index (χ0) is 15.2. The molecule has 0 amide bonds. The molecule has 1 atom stereocenters. The van der Waals surface area contributed by atoms with E-state index in [1.54, 1.807) is 11.9 Å². The summed E-state index contributed by atoms with van der Waals surface area (Å²) >= 11 is 1.79. The first-order chi connectivity index (χ1) is 10.1. The maximum absolute atomic E-state index is 11.3. The van der Waals surface area contributed by atoms with E-state index in [2.05, 4.69) is 33.5 Å². The van der Waals surface area contributed by atoms with E-state index in [1.165, 1.54) is 18.2 Å². The summed E-state index contributed by atoms with van der Waals surface area (Å²) in [5, 5.41) is 0. The Morgan fingerprint density at radius 3 is 2.67 bits per heavy atom. The van der Waals surface area contributed by atoms with E-state index >= 15 is 0 Å². The summed E-state index contributed by atoms with van der Waals surface area (Å²) in [6, 6.07) is 7.71. The highest BCUT2D eigenvalue weighted by Crippen LogP contribution is 2.25. The standard InChI is InChI=1S/C16H22N2O2S/c1-20-16(19)15(17)11-12-3-5-13(6-4-12)14-7-9-18(21-2)10-8-14/h3-7,15H,8-11,17H2,1-2H3. The van der Waals surface area contributed by atoms with Gasteiger partial charge in [0, 0.05) is 13.1 Å². The Labute approximate surface area is 130 Å². The third-order valence-electron chi connectivity index (χ3n) is 3.71. The molecule has 0 saturated carbocycles. The van der Waals surface area contributed by atoms with E-state index in [0.29, 0.717) is 6.42 Å². The normalized spacial score (nSPS) is 17.2. The summed E-state index contributed by atoms with van der Waals surface area (Å²) in [7, 11) is 1.36. The lowest BCUT2D eigenvalue weighted by Gasteiger charge is -2.24. The van der Waals surface area contributed by atoms with Gasteiger partial charge in [-0.25, -0.2) is 4.31 Å². The lowest BCUT2D eigenvalue weighted by molar-refractivity contribution is -0.142. The molecule has 0 saturated heterocycles. The Morgan fingerprint density at radius 1 is 1.43 bits per heavy atom. The quantitative estimate of drug-likeness (QED) is 0.667. The molecular weight excluding hydrogens is 284 g/mol. The van der Waals surface area contributed by atoms with Crippen LogP contribution in [0.4, 0.5) is 0 Å². The number of nitrogens with two attached hydrogens (primary N) is 1. The van der Waals surface area contributed by atoms with Crippen molar-refractivity contribution in [3.8, 4) is 0 Å². The van der Waals surface area contributed by atoms with E-state index in [9.17, 15) is 4.79 Å². The van der Waals surface area contributed by atoms with Gasteiger partial charge in [0.2, 0.25) is 0 Å². The second-order valence-corrected chi connectivity index (χ2v) is 5.96. The molecule has 1 aliphatic heterocycles. The lowest BCUT2D eigenvalue weighted by Crippen LogP contribution is -2.33. The van der Waals surface area contributed by atoms with Crippen molar-refractivity contribution in [2.45, 2.75) is 18.9 Å². The number of ether oxygens (including phenoxy) is 1. The predicted octanol–water partition coefficient (Wildman–Crippen LogP) is 2.10. The summed E-state index contributed by atoms with van der Waals surface area (Å²) in [4.78, 5) is 11.3. The molecular formula is C16H22N2O2S. The van der Waals surface area contributed by atoms with Gasteiger partial charge in [-0.3, -0.25) is 4.79 Å². The van der Waals surface area contributed by atoms with Crippen LogP contribution in [0.5, 0.6) is 0 Å². The summed E-state index contributed by atoms with van der Waals surface area (Å²) in [6.45, 7) is 2.08. The van der Waals surface area contributed by atoms with Crippen LogP contribution in [0.25, 0.3) is 5.57 Å². The topological polar surface area (TPSA) is 55.6 Å². The Kier molecular flexibility index (Phi) is 5.85. The van der Waals surface area contributed by atoms with Crippen LogP contribution >= 0.6 is 11.9 Å². The molecule has 5 heteroatoms. The van der Waals surface area contributed by atoms with Crippen molar-refractivity contribution in [2.24, 2.45) is 5.73 Å². The number of methoxy groups -OCH3 is 1. The second kappa shape index (κ2) is 7.64. The van der Waals surface area contributed by atoms with Crippen LogP contribution in [0, 0.1) is 0 Å². The first-order valence-corrected chi connectivity index (χ1v) is 8.23. The van der Waals surface area contributed by atoms with Gasteiger partial charge in [-0.05, 0) is 35.8 Å². The molecule has 1 aromatic rings. The molecule has 0 aromatic heterocycles. The number of carbonyl (C=O) groups excluding carboxylic acids is 1. The van der Waals surface area contributed by atoms with Crippen LogP contribution in [0.15, 0.2) is 30.3 Å². The van der Waals surface area contributed by atoms with Crippen LogP contribution < -0.4 is 5.73 Å². The molecule has 0 bridgehead atoms. The third kappa shape index (κ3) is 4.33. The van der Waals surface area contributed by atoms with Crippen LogP contribution in [-0.4, -0.2) is 42.8 Å². The molecule has 1 unspecified atom stereocenters. The first-order valence-electron chi connectivity index (χ1n) is 7.05. The smallest absolute Gasteiger partial charge is 0.322 e. The van der Waals surface area contributed by atoms with Gasteiger partial charge < -0.3 is 10.5 Å². The molecule has 2 rings (SSSR count). The largest absolute Gasteiger partial charge is 0.468 e. The van der Waals surface area contributed by atoms with Crippen molar-refractivity contribution >= 4 is 23.5 Å². The van der Waals surface area contributed by atoms with Crippen LogP contribution in [0.3, 0.4) is 0 Å². The van der Waals surface area contributed by atoms with Gasteiger partial charge in [0.15, 0.2) is 0 Å². The Morgan fingerprint density at radius 2 is 2.14 bits per heavy atom. The van der Waals surface area contributed by atoms with Crippen molar-refractivity contribution < 1.29 is 9.53 Å². The number of rotatable bonds is 5. The summed E-state index contributed by atoms with van der Waals surface area (Å²) < 4.78 is 6.98. The van der Waals surface area contributed by atoms with Crippen molar-refractivity contribution in [1.29, 1.82) is 0 Å². The Bertz CT molecular complexity index is 514. The molecule has 0 fully saturated rings. The third-order valence-corrected chi connectivity index (χ3v) is 4.56. The maximum Gasteiger partial charge on any atom is 0.322 e. The fourth-order valence-corrected chi connectivity index (χ4v) is 2.92. The van der Waals surface area contributed by atoms with Crippen LogP contribution in [0.2, 0.25) is 0 Å². The van der Waals surface area contributed by atoms with E-state index in [1.807, 2.05) is 12.1 Å². The molecule has 4 nitrogen and oxygen atoms in total. The summed E-state index contributed by atoms with van der Waals surface area (Å²) in [5.74, 6) is -0.369. The molecule has 1 heterocycles. The first kappa shape index (κ1) is 16.1. The predicted molar refractivity (Wildman–Crippen MR) is 87.8 cm³/mol. The van der Waals surface area contributed by atoms with E-state index in [4.69, 9.17) is 5.73 Å². The maximum atomic E-state index is 11.3. The van der Waals surface area contributed by atoms with Crippen molar-refractivity contribution in [1.82, 2.24) is 4.31 Å². The lowest BCUT2D eigenvalue weighted by atomic mass is 9.97. The molecule has 0 radical (unpaired) electrons. The van der Waals surface area contributed by atoms with E-state index < -0.39 is 6.04 Å². The van der Waals surface area contributed by atoms with Gasteiger partial charge in [-0.15, -0.1) is 0 Å². The second-order valence-electron chi connectivity index (χ2n) is 5.08. The van der Waals surface area contributed by atoms with Crippen molar-refractivity contribution in [2.75, 3.05) is 26.5 Å². The van der Waals surface area contributed by atoms with Crippen LogP contribution in [0.1, 0.15) is 17.5 Å². The highest BCUT2D eigenvalue weighted by Gasteiger charge is 2.15. The molecule has 0 spiro atoms. The minimum atomic E-state index is -0.593. The molecule has 1 aliphatic rings. The number of benzene rings is 1. The molecule has 2 N–H and O–H groups in total. The van der Waals surface area contributed by atoms with Gasteiger partial charge in [-0.2, -0.15) is 0 Å². The average molecular weight is 306 g/mol. The van der Waals surface area contributed by atoms with Gasteiger partial charge in [0.1, 0.15) is 6.04 Å². The summed E-state index contributed by atoms with van der Waals surface area (Å²) in [6.07, 6.45) is 5.97. The number of nitrogens with zero attached hydrogens (tertiary/aromatic N) is 1. The zero-order valence-corrected chi connectivity index (χ0v) is 13.4. The fourth-order valence-electron chi connectivity index (χ4n) is 2.42. The highest BCUT2D eigenvalue weighted by atomic mass is 32.2. The molecule has 0 aliphatic carbocycles. The zero-order valence-electron chi connectivity index (χ0n) is 12.5. The van der Waals surface area contributed by atoms with Gasteiger partial charge in [-0.1, -0.05) is 42.3 Å².